The Morgan fingerprint density at radius 1 is 1.21 bits per heavy atom. The molecular formula is C22H25F3N2O5S. The van der Waals surface area contributed by atoms with E-state index >= 15 is 0 Å². The molecule has 0 unspecified atom stereocenters. The van der Waals surface area contributed by atoms with E-state index in [1.54, 1.807) is 18.4 Å². The highest BCUT2D eigenvalue weighted by molar-refractivity contribution is 7.08. The van der Waals surface area contributed by atoms with Crippen LogP contribution >= 0.6 is 11.3 Å². The lowest BCUT2D eigenvalue weighted by Gasteiger charge is -2.46. The Morgan fingerprint density at radius 3 is 2.36 bits per heavy atom. The Morgan fingerprint density at radius 2 is 1.85 bits per heavy atom. The van der Waals surface area contributed by atoms with Crippen LogP contribution in [0.15, 0.2) is 41.1 Å². The minimum absolute atomic E-state index is 0.0645. The number of amides is 1. The van der Waals surface area contributed by atoms with E-state index < -0.39 is 12.1 Å². The highest BCUT2D eigenvalue weighted by atomic mass is 32.1. The number of hydrogen-bond donors (Lipinski definition) is 1. The minimum atomic E-state index is -5.08. The first-order chi connectivity index (χ1) is 15.6. The SMILES string of the molecule is COc1ccc(CN2CCC3(CC2)CN(c2ccsc2)C(=O)CO3)cc1.O=C(O)C(F)(F)F. The molecule has 1 N–H and O–H groups in total. The zero-order valence-corrected chi connectivity index (χ0v) is 18.8. The molecule has 2 aromatic rings. The van der Waals surface area contributed by atoms with Crippen LogP contribution in [-0.4, -0.2) is 67.0 Å². The van der Waals surface area contributed by atoms with Gasteiger partial charge in [0.15, 0.2) is 0 Å². The summed E-state index contributed by atoms with van der Waals surface area (Å²) in [6.07, 6.45) is -3.17. The molecule has 0 aliphatic carbocycles. The third kappa shape index (κ3) is 6.68. The second-order valence-electron chi connectivity index (χ2n) is 7.86. The van der Waals surface area contributed by atoms with Gasteiger partial charge in [0.25, 0.3) is 5.91 Å². The van der Waals surface area contributed by atoms with Crippen LogP contribution in [-0.2, 0) is 20.9 Å². The standard InChI is InChI=1S/C20H24N2O3S.C2HF3O2/c1-24-18-4-2-16(3-5-18)12-21-9-7-20(8-10-21)15-22(19(23)13-25-20)17-6-11-26-14-17;3-2(4,5)1(6)7/h2-6,11,14H,7-10,12-13,15H2,1H3;(H,6,7). The number of benzene rings is 1. The van der Waals surface area contributed by atoms with Gasteiger partial charge in [-0.1, -0.05) is 12.1 Å². The number of alkyl halides is 3. The van der Waals surface area contributed by atoms with Gasteiger partial charge in [-0.05, 0) is 42.0 Å². The summed E-state index contributed by atoms with van der Waals surface area (Å²) in [6, 6.07) is 10.3. The number of methoxy groups -OCH3 is 1. The van der Waals surface area contributed by atoms with E-state index in [-0.39, 0.29) is 18.1 Å². The van der Waals surface area contributed by atoms with Crippen molar-refractivity contribution in [2.24, 2.45) is 0 Å². The third-order valence-corrected chi connectivity index (χ3v) is 6.31. The summed E-state index contributed by atoms with van der Waals surface area (Å²) in [6.45, 7) is 3.76. The predicted molar refractivity (Wildman–Crippen MR) is 117 cm³/mol. The molecule has 1 aromatic heterocycles. The van der Waals surface area contributed by atoms with E-state index in [1.165, 1.54) is 5.56 Å². The van der Waals surface area contributed by atoms with Gasteiger partial charge in [0.05, 0.1) is 24.9 Å². The number of aliphatic carboxylic acids is 1. The van der Waals surface area contributed by atoms with E-state index in [9.17, 15) is 18.0 Å². The summed E-state index contributed by atoms with van der Waals surface area (Å²) >= 11 is 1.62. The maximum atomic E-state index is 12.3. The molecule has 0 radical (unpaired) electrons. The van der Waals surface area contributed by atoms with Crippen LogP contribution in [0.5, 0.6) is 5.75 Å². The Balaban J connectivity index is 0.000000383. The van der Waals surface area contributed by atoms with Gasteiger partial charge in [0.1, 0.15) is 12.4 Å². The van der Waals surface area contributed by atoms with E-state index in [1.807, 2.05) is 33.9 Å². The number of nitrogens with zero attached hydrogens (tertiary/aromatic N) is 2. The number of rotatable bonds is 4. The normalized spacial score (nSPS) is 18.5. The predicted octanol–water partition coefficient (Wildman–Crippen LogP) is 3.79. The molecule has 7 nitrogen and oxygen atoms in total. The molecule has 2 aliphatic heterocycles. The molecule has 1 amide bonds. The minimum Gasteiger partial charge on any atom is -0.497 e. The number of carboxylic acids is 1. The zero-order valence-electron chi connectivity index (χ0n) is 18.0. The number of anilines is 1. The molecule has 2 fully saturated rings. The highest BCUT2D eigenvalue weighted by Gasteiger charge is 2.42. The first-order valence-corrected chi connectivity index (χ1v) is 11.2. The number of thiophene rings is 1. The lowest BCUT2D eigenvalue weighted by molar-refractivity contribution is -0.192. The summed E-state index contributed by atoms with van der Waals surface area (Å²) in [5, 5.41) is 11.2. The van der Waals surface area contributed by atoms with Crippen molar-refractivity contribution in [2.75, 3.05) is 38.3 Å². The number of carboxylic acid groups (broad SMARTS) is 1. The molecule has 1 aromatic carbocycles. The summed E-state index contributed by atoms with van der Waals surface area (Å²) in [7, 11) is 1.69. The molecule has 2 aliphatic rings. The maximum absolute atomic E-state index is 12.3. The van der Waals surface area contributed by atoms with Crippen LogP contribution in [0.2, 0.25) is 0 Å². The van der Waals surface area contributed by atoms with Gasteiger partial charge < -0.3 is 19.5 Å². The Kier molecular flexibility index (Phi) is 7.98. The molecule has 3 heterocycles. The van der Waals surface area contributed by atoms with Crippen LogP contribution in [0.3, 0.4) is 0 Å². The first kappa shape index (κ1) is 25.0. The maximum Gasteiger partial charge on any atom is 0.490 e. The molecule has 2 saturated heterocycles. The molecule has 180 valence electrons. The van der Waals surface area contributed by atoms with Gasteiger partial charge in [-0.2, -0.15) is 24.5 Å². The van der Waals surface area contributed by atoms with Crippen molar-refractivity contribution >= 4 is 28.9 Å². The Bertz CT molecular complexity index is 927. The highest BCUT2D eigenvalue weighted by Crippen LogP contribution is 2.33. The summed E-state index contributed by atoms with van der Waals surface area (Å²) < 4.78 is 43.0. The number of halogens is 3. The van der Waals surface area contributed by atoms with Crippen LogP contribution in [0.1, 0.15) is 18.4 Å². The number of piperidine rings is 1. The van der Waals surface area contributed by atoms with Gasteiger partial charge >= 0.3 is 12.1 Å². The molecule has 0 atom stereocenters. The number of carbonyl (C=O) groups is 2. The van der Waals surface area contributed by atoms with Gasteiger partial charge in [-0.3, -0.25) is 9.69 Å². The quantitative estimate of drug-likeness (QED) is 0.709. The number of morpholine rings is 1. The van der Waals surface area contributed by atoms with Crippen molar-refractivity contribution < 1.29 is 37.3 Å². The monoisotopic (exact) mass is 486 g/mol. The van der Waals surface area contributed by atoms with Gasteiger partial charge in [0, 0.05) is 25.0 Å². The number of ether oxygens (including phenoxy) is 2. The van der Waals surface area contributed by atoms with E-state index in [0.29, 0.717) is 6.54 Å². The molecule has 0 bridgehead atoms. The van der Waals surface area contributed by atoms with E-state index in [2.05, 4.69) is 17.0 Å². The average molecular weight is 487 g/mol. The average Bonchev–Trinajstić information content (AvgIpc) is 3.32. The van der Waals surface area contributed by atoms with Crippen LogP contribution in [0.4, 0.5) is 18.9 Å². The second-order valence-corrected chi connectivity index (χ2v) is 8.64. The van der Waals surface area contributed by atoms with Gasteiger partial charge in [-0.15, -0.1) is 0 Å². The summed E-state index contributed by atoms with van der Waals surface area (Å²) in [5.41, 5.74) is 2.09. The smallest absolute Gasteiger partial charge is 0.490 e. The van der Waals surface area contributed by atoms with Crippen LogP contribution in [0, 0.1) is 0 Å². The molecule has 11 heteroatoms. The molecule has 4 rings (SSSR count). The fourth-order valence-corrected chi connectivity index (χ4v) is 4.41. The fourth-order valence-electron chi connectivity index (χ4n) is 3.77. The van der Waals surface area contributed by atoms with E-state index in [0.717, 1.165) is 43.9 Å². The van der Waals surface area contributed by atoms with Crippen molar-refractivity contribution in [1.82, 2.24) is 4.90 Å². The Labute approximate surface area is 193 Å². The topological polar surface area (TPSA) is 79.3 Å². The molecule has 0 saturated carbocycles. The summed E-state index contributed by atoms with van der Waals surface area (Å²) in [5.74, 6) is -1.80. The van der Waals surface area contributed by atoms with Crippen molar-refractivity contribution in [2.45, 2.75) is 31.2 Å². The van der Waals surface area contributed by atoms with Crippen LogP contribution in [0.25, 0.3) is 0 Å². The fraction of sp³-hybridized carbons (Fsp3) is 0.455. The lowest BCUT2D eigenvalue weighted by atomic mass is 9.89. The zero-order chi connectivity index (χ0) is 24.1. The van der Waals surface area contributed by atoms with Gasteiger partial charge in [-0.25, -0.2) is 4.79 Å². The van der Waals surface area contributed by atoms with E-state index in [4.69, 9.17) is 19.4 Å². The number of hydrogen-bond acceptors (Lipinski definition) is 6. The molecule has 1 spiro atoms. The lowest BCUT2D eigenvalue weighted by Crippen LogP contribution is -2.58. The van der Waals surface area contributed by atoms with Crippen molar-refractivity contribution in [3.63, 3.8) is 0 Å². The number of carbonyl (C=O) groups excluding carboxylic acids is 1. The first-order valence-electron chi connectivity index (χ1n) is 10.2. The van der Waals surface area contributed by atoms with Gasteiger partial charge in [0.2, 0.25) is 0 Å². The Hall–Kier alpha value is -2.63. The van der Waals surface area contributed by atoms with Crippen molar-refractivity contribution in [3.05, 3.63) is 46.7 Å². The summed E-state index contributed by atoms with van der Waals surface area (Å²) in [4.78, 5) is 25.5. The molecule has 33 heavy (non-hydrogen) atoms. The molecular weight excluding hydrogens is 461 g/mol. The van der Waals surface area contributed by atoms with Crippen molar-refractivity contribution in [1.29, 1.82) is 0 Å². The number of likely N-dealkylation sites (tertiary alicyclic amines) is 1. The third-order valence-electron chi connectivity index (χ3n) is 5.64. The second kappa shape index (κ2) is 10.5. The van der Waals surface area contributed by atoms with Crippen LogP contribution < -0.4 is 9.64 Å². The largest absolute Gasteiger partial charge is 0.497 e. The van der Waals surface area contributed by atoms with Crippen molar-refractivity contribution in [3.8, 4) is 5.75 Å².